The first-order valence-electron chi connectivity index (χ1n) is 11.2. The molecule has 9 nitrogen and oxygen atoms in total. The average molecular weight is 467 g/mol. The molecule has 2 aromatic carbocycles. The molecule has 2 N–H and O–H groups in total. The maximum atomic E-state index is 13.2. The molecule has 9 heteroatoms. The van der Waals surface area contributed by atoms with Gasteiger partial charge in [-0.05, 0) is 42.7 Å². The van der Waals surface area contributed by atoms with Crippen molar-refractivity contribution in [2.24, 2.45) is 23.7 Å². The Morgan fingerprint density at radius 2 is 1.88 bits per heavy atom. The highest BCUT2D eigenvalue weighted by molar-refractivity contribution is 6.15. The fraction of sp³-hybridized carbons (Fsp3) is 0.400. The van der Waals surface area contributed by atoms with Crippen molar-refractivity contribution in [2.45, 2.75) is 24.7 Å². The third kappa shape index (κ3) is 3.52. The van der Waals surface area contributed by atoms with Crippen molar-refractivity contribution in [3.63, 3.8) is 0 Å². The predicted octanol–water partition coefficient (Wildman–Crippen LogP) is 2.62. The maximum Gasteiger partial charge on any atom is 0.423 e. The van der Waals surface area contributed by atoms with E-state index < -0.39 is 53.5 Å². The Bertz CT molecular complexity index is 1120. The van der Waals surface area contributed by atoms with E-state index in [-0.39, 0.29) is 25.2 Å². The normalized spacial score (nSPS) is 32.3. The summed E-state index contributed by atoms with van der Waals surface area (Å²) < 4.78 is 16.7. The lowest BCUT2D eigenvalue weighted by Gasteiger charge is -2.44. The van der Waals surface area contributed by atoms with Gasteiger partial charge in [0.2, 0.25) is 11.8 Å². The molecule has 2 heterocycles. The van der Waals surface area contributed by atoms with Gasteiger partial charge in [-0.2, -0.15) is 4.90 Å². The fourth-order valence-corrected chi connectivity index (χ4v) is 5.59. The molecule has 6 atom stereocenters. The molecule has 1 aliphatic carbocycles. The number of aromatic hydroxyl groups is 1. The summed E-state index contributed by atoms with van der Waals surface area (Å²) in [5, 5.41) is 21.7. The predicted molar refractivity (Wildman–Crippen MR) is 116 cm³/mol. The van der Waals surface area contributed by atoms with E-state index in [1.54, 1.807) is 30.3 Å². The summed E-state index contributed by atoms with van der Waals surface area (Å²) in [6.07, 6.45) is -1.31. The first kappa shape index (κ1) is 22.4. The van der Waals surface area contributed by atoms with E-state index in [1.807, 2.05) is 18.2 Å². The zero-order chi connectivity index (χ0) is 24.0. The summed E-state index contributed by atoms with van der Waals surface area (Å²) in [5.41, 5.74) is 0.642. The van der Waals surface area contributed by atoms with Crippen LogP contribution in [0.25, 0.3) is 0 Å². The number of carbonyl (C=O) groups is 3. The van der Waals surface area contributed by atoms with E-state index in [1.165, 1.54) is 6.07 Å². The van der Waals surface area contributed by atoms with E-state index in [4.69, 9.17) is 9.47 Å². The van der Waals surface area contributed by atoms with Gasteiger partial charge in [-0.3, -0.25) is 9.59 Å². The Hall–Kier alpha value is -3.43. The van der Waals surface area contributed by atoms with Gasteiger partial charge in [0, 0.05) is 11.8 Å². The number of carbonyl (C=O) groups excluding carboxylic acids is 3. The second-order valence-electron chi connectivity index (χ2n) is 8.97. The zero-order valence-electron chi connectivity index (χ0n) is 18.5. The highest BCUT2D eigenvalue weighted by atomic mass is 16.6. The largest absolute Gasteiger partial charge is 0.508 e. The van der Waals surface area contributed by atoms with Crippen molar-refractivity contribution in [1.29, 1.82) is 0 Å². The number of fused-ring (bicyclic) bond motifs is 3. The number of ether oxygens (including phenoxy) is 3. The molecule has 178 valence electrons. The highest BCUT2D eigenvalue weighted by Gasteiger charge is 2.67. The lowest BCUT2D eigenvalue weighted by Crippen LogP contribution is -2.55. The highest BCUT2D eigenvalue weighted by Crippen LogP contribution is 2.58. The topological polar surface area (TPSA) is 123 Å². The van der Waals surface area contributed by atoms with Gasteiger partial charge in [0.05, 0.1) is 31.7 Å². The van der Waals surface area contributed by atoms with E-state index >= 15 is 0 Å². The molecule has 5 rings (SSSR count). The van der Waals surface area contributed by atoms with Crippen molar-refractivity contribution in [3.05, 3.63) is 60.2 Å². The maximum absolute atomic E-state index is 13.2. The van der Waals surface area contributed by atoms with E-state index in [2.05, 4.69) is 4.74 Å². The van der Waals surface area contributed by atoms with Crippen LogP contribution in [0.1, 0.15) is 24.5 Å². The lowest BCUT2D eigenvalue weighted by atomic mass is 9.64. The minimum absolute atomic E-state index is 0.0483. The third-order valence-corrected chi connectivity index (χ3v) is 7.16. The Labute approximate surface area is 195 Å². The number of hydrogen-bond acceptors (Lipinski definition) is 8. The summed E-state index contributed by atoms with van der Waals surface area (Å²) in [4.78, 5) is 39.0. The molecule has 0 aromatic heterocycles. The number of imide groups is 3. The van der Waals surface area contributed by atoms with Crippen molar-refractivity contribution in [2.75, 3.05) is 13.7 Å². The van der Waals surface area contributed by atoms with Crippen LogP contribution in [0.15, 0.2) is 54.6 Å². The number of amides is 3. The molecule has 2 saturated heterocycles. The van der Waals surface area contributed by atoms with Gasteiger partial charge in [-0.1, -0.05) is 30.3 Å². The van der Waals surface area contributed by atoms with Crippen LogP contribution in [0.5, 0.6) is 11.5 Å². The number of phenols is 1. The number of rotatable bonds is 4. The van der Waals surface area contributed by atoms with Crippen molar-refractivity contribution < 1.29 is 38.8 Å². The fourth-order valence-electron chi connectivity index (χ4n) is 5.59. The number of phenolic OH excluding ortho intramolecular Hbond substituents is 1. The molecule has 0 spiro atoms. The summed E-state index contributed by atoms with van der Waals surface area (Å²) in [6.45, 7) is 0.0483. The Morgan fingerprint density at radius 3 is 2.59 bits per heavy atom. The Morgan fingerprint density at radius 1 is 1.12 bits per heavy atom. The van der Waals surface area contributed by atoms with Crippen LogP contribution in [0.2, 0.25) is 0 Å². The van der Waals surface area contributed by atoms with Gasteiger partial charge >= 0.3 is 6.09 Å². The number of hydrogen-bond donors (Lipinski definition) is 2. The van der Waals surface area contributed by atoms with Crippen LogP contribution in [0, 0.1) is 23.7 Å². The minimum Gasteiger partial charge on any atom is -0.508 e. The Balaban J connectivity index is 1.49. The standard InChI is InChI=1S/C25H25NO8/c1-32-24(30)26-22(28)18-11-15(13-33-17-8-3-2-4-9-17)25(31)19(21(18)23(26)29)12-20(34-25)14-6-5-7-16(27)10-14/h2-10,15,18-21,27,31H,11-13H2,1H3/t15-,18+,19+,20+,21+,25-/m1/s1. The zero-order valence-corrected chi connectivity index (χ0v) is 18.5. The lowest BCUT2D eigenvalue weighted by molar-refractivity contribution is -0.272. The third-order valence-electron chi connectivity index (χ3n) is 7.16. The van der Waals surface area contributed by atoms with Gasteiger partial charge in [0.15, 0.2) is 5.79 Å². The molecular formula is C25H25NO8. The minimum atomic E-state index is -1.77. The number of benzene rings is 2. The van der Waals surface area contributed by atoms with Crippen LogP contribution in [-0.2, 0) is 19.1 Å². The molecule has 0 bridgehead atoms. The second kappa shape index (κ2) is 8.41. The van der Waals surface area contributed by atoms with Crippen molar-refractivity contribution in [3.8, 4) is 11.5 Å². The molecule has 0 unspecified atom stereocenters. The van der Waals surface area contributed by atoms with Crippen molar-refractivity contribution >= 4 is 17.9 Å². The molecule has 3 fully saturated rings. The van der Waals surface area contributed by atoms with Crippen LogP contribution >= 0.6 is 0 Å². The number of para-hydroxylation sites is 1. The molecule has 3 amide bonds. The van der Waals surface area contributed by atoms with E-state index in [0.29, 0.717) is 16.2 Å². The van der Waals surface area contributed by atoms with Crippen LogP contribution in [0.4, 0.5) is 4.79 Å². The second-order valence-corrected chi connectivity index (χ2v) is 8.97. The SMILES string of the molecule is COC(=O)N1C(=O)[C@H]2[C@H](C[C@H](COc3ccccc3)[C@@]3(O)O[C@H](c4cccc(O)c4)C[C@@H]23)C1=O. The summed E-state index contributed by atoms with van der Waals surface area (Å²) in [6, 6.07) is 15.6. The van der Waals surface area contributed by atoms with Gasteiger partial charge in [-0.15, -0.1) is 0 Å². The van der Waals surface area contributed by atoms with Gasteiger partial charge in [0.1, 0.15) is 11.5 Å². The summed E-state index contributed by atoms with van der Waals surface area (Å²) >= 11 is 0. The number of likely N-dealkylation sites (tertiary alicyclic amines) is 1. The number of methoxy groups -OCH3 is 1. The first-order valence-corrected chi connectivity index (χ1v) is 11.2. The van der Waals surface area contributed by atoms with Crippen LogP contribution in [0.3, 0.4) is 0 Å². The monoisotopic (exact) mass is 467 g/mol. The number of aliphatic hydroxyl groups is 1. The molecule has 0 radical (unpaired) electrons. The average Bonchev–Trinajstić information content (AvgIpc) is 3.32. The number of nitrogens with zero attached hydrogens (tertiary/aromatic N) is 1. The van der Waals surface area contributed by atoms with Gasteiger partial charge in [-0.25, -0.2) is 4.79 Å². The summed E-state index contributed by atoms with van der Waals surface area (Å²) in [5.74, 6) is -5.56. The first-order chi connectivity index (χ1) is 16.3. The molecule has 3 aliphatic rings. The molecule has 2 aromatic rings. The summed E-state index contributed by atoms with van der Waals surface area (Å²) in [7, 11) is 1.11. The van der Waals surface area contributed by atoms with Gasteiger partial charge < -0.3 is 24.4 Å². The van der Waals surface area contributed by atoms with Crippen LogP contribution < -0.4 is 4.74 Å². The smallest absolute Gasteiger partial charge is 0.423 e. The quantitative estimate of drug-likeness (QED) is 0.658. The van der Waals surface area contributed by atoms with E-state index in [0.717, 1.165) is 7.11 Å². The van der Waals surface area contributed by atoms with E-state index in [9.17, 15) is 24.6 Å². The molecule has 1 saturated carbocycles. The van der Waals surface area contributed by atoms with Crippen LogP contribution in [-0.4, -0.2) is 52.5 Å². The Kier molecular flexibility index (Phi) is 5.53. The molecule has 2 aliphatic heterocycles. The molecule has 34 heavy (non-hydrogen) atoms. The molecular weight excluding hydrogens is 442 g/mol. The van der Waals surface area contributed by atoms with Gasteiger partial charge in [0.25, 0.3) is 0 Å². The van der Waals surface area contributed by atoms with Crippen molar-refractivity contribution in [1.82, 2.24) is 4.90 Å².